The third kappa shape index (κ3) is 3.54. The van der Waals surface area contributed by atoms with Crippen molar-refractivity contribution in [3.8, 4) is 10.4 Å². The average Bonchev–Trinajstić information content (AvgIpc) is 3.05. The summed E-state index contributed by atoms with van der Waals surface area (Å²) in [5.41, 5.74) is 0.939. The van der Waals surface area contributed by atoms with Gasteiger partial charge in [-0.25, -0.2) is 4.39 Å². The molecule has 0 radical (unpaired) electrons. The quantitative estimate of drug-likeness (QED) is 0.871. The fourth-order valence-electron chi connectivity index (χ4n) is 2.54. The molecule has 0 saturated carbocycles. The predicted octanol–water partition coefficient (Wildman–Crippen LogP) is 2.91. The molecule has 124 valence electrons. The van der Waals surface area contributed by atoms with Crippen molar-refractivity contribution in [3.63, 3.8) is 0 Å². The Balaban J connectivity index is 1.70. The molecule has 2 amide bonds. The molecule has 24 heavy (non-hydrogen) atoms. The second-order valence-electron chi connectivity index (χ2n) is 5.54. The second-order valence-corrected chi connectivity index (χ2v) is 6.66. The number of halogens is 1. The lowest BCUT2D eigenvalue weighted by atomic mass is 10.2. The average molecular weight is 344 g/mol. The molecule has 1 fully saturated rings. The molecule has 4 nitrogen and oxygen atoms in total. The Morgan fingerprint density at radius 1 is 1.29 bits per heavy atom. The summed E-state index contributed by atoms with van der Waals surface area (Å²) in [5, 5.41) is 2.73. The summed E-state index contributed by atoms with van der Waals surface area (Å²) in [6, 6.07) is 9.72. The van der Waals surface area contributed by atoms with Crippen LogP contribution in [0.3, 0.4) is 0 Å². The highest BCUT2D eigenvalue weighted by molar-refractivity contribution is 7.16. The van der Waals surface area contributed by atoms with Crippen molar-refractivity contribution in [2.75, 3.05) is 13.1 Å². The van der Waals surface area contributed by atoms with Crippen LogP contribution in [0.15, 0.2) is 42.5 Å². The zero-order chi connectivity index (χ0) is 17.1. The fourth-order valence-corrected chi connectivity index (χ4v) is 3.46. The van der Waals surface area contributed by atoms with Gasteiger partial charge in [0.1, 0.15) is 11.9 Å². The molecule has 1 atom stereocenters. The number of nitrogens with one attached hydrogen (secondary N) is 1. The molecule has 1 aliphatic rings. The van der Waals surface area contributed by atoms with Gasteiger partial charge in [-0.2, -0.15) is 0 Å². The first-order valence-corrected chi connectivity index (χ1v) is 8.48. The third-order valence-corrected chi connectivity index (χ3v) is 5.03. The van der Waals surface area contributed by atoms with E-state index in [-0.39, 0.29) is 17.6 Å². The Morgan fingerprint density at radius 3 is 2.79 bits per heavy atom. The van der Waals surface area contributed by atoms with Crippen LogP contribution in [0.25, 0.3) is 16.5 Å². The van der Waals surface area contributed by atoms with Gasteiger partial charge in [-0.3, -0.25) is 9.59 Å². The highest BCUT2D eigenvalue weighted by atomic mass is 32.1. The van der Waals surface area contributed by atoms with Crippen molar-refractivity contribution in [2.24, 2.45) is 0 Å². The Morgan fingerprint density at radius 2 is 2.04 bits per heavy atom. The van der Waals surface area contributed by atoms with E-state index in [1.807, 2.05) is 12.1 Å². The number of benzene rings is 1. The van der Waals surface area contributed by atoms with Crippen LogP contribution in [0.2, 0.25) is 0 Å². The van der Waals surface area contributed by atoms with E-state index in [0.717, 1.165) is 15.3 Å². The lowest BCUT2D eigenvalue weighted by Crippen LogP contribution is -2.55. The van der Waals surface area contributed by atoms with Crippen molar-refractivity contribution in [3.05, 3.63) is 53.2 Å². The number of piperazine rings is 1. The lowest BCUT2D eigenvalue weighted by Gasteiger charge is -2.31. The van der Waals surface area contributed by atoms with Gasteiger partial charge in [0.25, 0.3) is 0 Å². The van der Waals surface area contributed by atoms with Crippen molar-refractivity contribution in [1.29, 1.82) is 0 Å². The summed E-state index contributed by atoms with van der Waals surface area (Å²) >= 11 is 1.52. The first-order valence-electron chi connectivity index (χ1n) is 7.67. The summed E-state index contributed by atoms with van der Waals surface area (Å²) in [6.45, 7) is 2.72. The van der Waals surface area contributed by atoms with Crippen LogP contribution < -0.4 is 5.32 Å². The predicted molar refractivity (Wildman–Crippen MR) is 92.9 cm³/mol. The SMILES string of the molecule is CC1C(=O)NCCN1C(=O)C=Cc1ccc(-c2ccc(F)cc2)s1. The first-order chi connectivity index (χ1) is 11.5. The first kappa shape index (κ1) is 16.4. The summed E-state index contributed by atoms with van der Waals surface area (Å²) < 4.78 is 13.0. The van der Waals surface area contributed by atoms with Crippen LogP contribution in [0.1, 0.15) is 11.8 Å². The van der Waals surface area contributed by atoms with Crippen LogP contribution in [0.5, 0.6) is 0 Å². The van der Waals surface area contributed by atoms with Gasteiger partial charge in [-0.05, 0) is 42.8 Å². The summed E-state index contributed by atoms with van der Waals surface area (Å²) in [6.07, 6.45) is 3.24. The van der Waals surface area contributed by atoms with E-state index in [1.165, 1.54) is 29.5 Å². The van der Waals surface area contributed by atoms with Crippen LogP contribution in [-0.4, -0.2) is 35.8 Å². The van der Waals surface area contributed by atoms with E-state index in [4.69, 9.17) is 0 Å². The number of hydrogen-bond acceptors (Lipinski definition) is 3. The van der Waals surface area contributed by atoms with Crippen molar-refractivity contribution in [2.45, 2.75) is 13.0 Å². The third-order valence-electron chi connectivity index (χ3n) is 3.93. The molecule has 1 aliphatic heterocycles. The maximum Gasteiger partial charge on any atom is 0.247 e. The van der Waals surface area contributed by atoms with E-state index in [2.05, 4.69) is 5.32 Å². The number of thiophene rings is 1. The molecule has 3 rings (SSSR count). The standard InChI is InChI=1S/C18H17FN2O2S/c1-12-18(23)20-10-11-21(12)17(22)9-7-15-6-8-16(24-15)13-2-4-14(19)5-3-13/h2-9,12H,10-11H2,1H3,(H,20,23). The minimum atomic E-state index is -0.450. The Kier molecular flexibility index (Phi) is 4.76. The molecule has 1 N–H and O–H groups in total. The van der Waals surface area contributed by atoms with Crippen molar-refractivity contribution in [1.82, 2.24) is 10.2 Å². The van der Waals surface area contributed by atoms with Gasteiger partial charge in [0.15, 0.2) is 0 Å². The maximum absolute atomic E-state index is 13.0. The van der Waals surface area contributed by atoms with E-state index < -0.39 is 6.04 Å². The van der Waals surface area contributed by atoms with Gasteiger partial charge in [-0.15, -0.1) is 11.3 Å². The zero-order valence-corrected chi connectivity index (χ0v) is 14.0. The monoisotopic (exact) mass is 344 g/mol. The van der Waals surface area contributed by atoms with Gasteiger partial charge < -0.3 is 10.2 Å². The summed E-state index contributed by atoms with van der Waals surface area (Å²) in [7, 11) is 0. The topological polar surface area (TPSA) is 49.4 Å². The molecule has 1 aromatic heterocycles. The smallest absolute Gasteiger partial charge is 0.247 e. The number of carbonyl (C=O) groups excluding carboxylic acids is 2. The molecule has 2 heterocycles. The molecule has 0 bridgehead atoms. The summed E-state index contributed by atoms with van der Waals surface area (Å²) in [4.78, 5) is 27.4. The van der Waals surface area contributed by atoms with E-state index >= 15 is 0 Å². The van der Waals surface area contributed by atoms with Gasteiger partial charge in [0, 0.05) is 28.9 Å². The largest absolute Gasteiger partial charge is 0.353 e. The van der Waals surface area contributed by atoms with E-state index in [0.29, 0.717) is 13.1 Å². The number of hydrogen-bond donors (Lipinski definition) is 1. The Hall–Kier alpha value is -2.47. The van der Waals surface area contributed by atoms with Crippen LogP contribution in [0, 0.1) is 5.82 Å². The molecule has 2 aromatic rings. The van der Waals surface area contributed by atoms with E-state index in [1.54, 1.807) is 30.0 Å². The maximum atomic E-state index is 13.0. The molecule has 6 heteroatoms. The molecular weight excluding hydrogens is 327 g/mol. The van der Waals surface area contributed by atoms with Gasteiger partial charge >= 0.3 is 0 Å². The normalized spacial score (nSPS) is 18.0. The van der Waals surface area contributed by atoms with E-state index in [9.17, 15) is 14.0 Å². The second kappa shape index (κ2) is 6.97. The van der Waals surface area contributed by atoms with Gasteiger partial charge in [0.2, 0.25) is 11.8 Å². The zero-order valence-electron chi connectivity index (χ0n) is 13.2. The minimum absolute atomic E-state index is 0.127. The number of amides is 2. The Bertz CT molecular complexity index is 783. The Labute approximate surface area is 143 Å². The fraction of sp³-hybridized carbons (Fsp3) is 0.222. The van der Waals surface area contributed by atoms with Gasteiger partial charge in [0.05, 0.1) is 0 Å². The van der Waals surface area contributed by atoms with Crippen molar-refractivity contribution < 1.29 is 14.0 Å². The van der Waals surface area contributed by atoms with Gasteiger partial charge in [-0.1, -0.05) is 12.1 Å². The molecule has 0 aliphatic carbocycles. The highest BCUT2D eigenvalue weighted by Crippen LogP contribution is 2.29. The van der Waals surface area contributed by atoms with Crippen LogP contribution in [0.4, 0.5) is 4.39 Å². The molecular formula is C18H17FN2O2S. The number of carbonyl (C=O) groups is 2. The highest BCUT2D eigenvalue weighted by Gasteiger charge is 2.27. The van der Waals surface area contributed by atoms with Crippen LogP contribution >= 0.6 is 11.3 Å². The number of nitrogens with zero attached hydrogens (tertiary/aromatic N) is 1. The lowest BCUT2D eigenvalue weighted by molar-refractivity contribution is -0.139. The molecule has 1 unspecified atom stereocenters. The molecule has 1 saturated heterocycles. The minimum Gasteiger partial charge on any atom is -0.353 e. The van der Waals surface area contributed by atoms with Crippen LogP contribution in [-0.2, 0) is 9.59 Å². The summed E-state index contributed by atoms with van der Waals surface area (Å²) in [5.74, 6) is -0.562. The molecule has 0 spiro atoms. The number of rotatable bonds is 3. The molecule has 1 aromatic carbocycles. The van der Waals surface area contributed by atoms with Crippen molar-refractivity contribution >= 4 is 29.2 Å².